The number of carbonyl (C=O) groups excluding carboxylic acids is 1. The van der Waals surface area contributed by atoms with Crippen LogP contribution in [-0.4, -0.2) is 24.2 Å². The highest BCUT2D eigenvalue weighted by Gasteiger charge is 2.10. The minimum absolute atomic E-state index is 0. The number of esters is 1. The van der Waals surface area contributed by atoms with Crippen LogP contribution in [0.25, 0.3) is 10.9 Å². The van der Waals surface area contributed by atoms with E-state index in [9.17, 15) is 4.79 Å². The van der Waals surface area contributed by atoms with Gasteiger partial charge in [0.1, 0.15) is 5.75 Å². The van der Waals surface area contributed by atoms with E-state index in [0.29, 0.717) is 5.56 Å². The van der Waals surface area contributed by atoms with E-state index in [4.69, 9.17) is 9.47 Å². The van der Waals surface area contributed by atoms with Crippen LogP contribution in [0.15, 0.2) is 48.5 Å². The Morgan fingerprint density at radius 3 is 2.41 bits per heavy atom. The molecule has 0 unspecified atom stereocenters. The highest BCUT2D eigenvalue weighted by molar-refractivity contribution is 5.99. The molecular formula is C21H22ClN2O3-. The van der Waals surface area contributed by atoms with E-state index in [1.54, 1.807) is 12.1 Å². The number of rotatable bonds is 5. The van der Waals surface area contributed by atoms with Crippen LogP contribution in [0.5, 0.6) is 5.75 Å². The van der Waals surface area contributed by atoms with Gasteiger partial charge < -0.3 is 27.2 Å². The largest absolute Gasteiger partial charge is 1.00 e. The van der Waals surface area contributed by atoms with Crippen molar-refractivity contribution in [1.29, 1.82) is 0 Å². The summed E-state index contributed by atoms with van der Waals surface area (Å²) in [7, 11) is 1.37. The fourth-order valence-corrected chi connectivity index (χ4v) is 2.75. The van der Waals surface area contributed by atoms with Crippen molar-refractivity contribution in [2.45, 2.75) is 26.9 Å². The molecule has 0 spiro atoms. The molecule has 5 nitrogen and oxygen atoms in total. The Labute approximate surface area is 165 Å². The molecule has 0 aliphatic rings. The highest BCUT2D eigenvalue weighted by Crippen LogP contribution is 2.28. The van der Waals surface area contributed by atoms with E-state index in [2.05, 4.69) is 10.3 Å². The number of nitrogens with zero attached hydrogens (tertiary/aromatic N) is 1. The van der Waals surface area contributed by atoms with E-state index < -0.39 is 0 Å². The lowest BCUT2D eigenvalue weighted by Gasteiger charge is -2.13. The number of ether oxygens (including phenoxy) is 2. The zero-order valence-electron chi connectivity index (χ0n) is 15.7. The Morgan fingerprint density at radius 2 is 1.78 bits per heavy atom. The molecule has 3 aromatic rings. The predicted octanol–water partition coefficient (Wildman–Crippen LogP) is 1.86. The molecule has 1 aromatic heterocycles. The van der Waals surface area contributed by atoms with Crippen LogP contribution in [-0.2, 0) is 4.74 Å². The molecule has 1 N–H and O–H groups in total. The topological polar surface area (TPSA) is 60.5 Å². The van der Waals surface area contributed by atoms with Crippen molar-refractivity contribution >= 4 is 28.2 Å². The first-order valence-corrected chi connectivity index (χ1v) is 8.49. The lowest BCUT2D eigenvalue weighted by Crippen LogP contribution is -3.00. The summed E-state index contributed by atoms with van der Waals surface area (Å²) in [5, 5.41) is 4.27. The van der Waals surface area contributed by atoms with Crippen molar-refractivity contribution in [3.63, 3.8) is 0 Å². The van der Waals surface area contributed by atoms with E-state index in [-0.39, 0.29) is 24.5 Å². The van der Waals surface area contributed by atoms with Crippen LogP contribution in [0.4, 0.5) is 11.4 Å². The van der Waals surface area contributed by atoms with Crippen LogP contribution >= 0.6 is 0 Å². The average molecular weight is 386 g/mol. The number of hydrogen-bond donors (Lipinski definition) is 1. The molecule has 3 rings (SSSR count). The summed E-state index contributed by atoms with van der Waals surface area (Å²) in [6.45, 7) is 5.94. The molecule has 142 valence electrons. The first kappa shape index (κ1) is 20.5. The molecule has 2 aromatic carbocycles. The van der Waals surface area contributed by atoms with Gasteiger partial charge in [-0.3, -0.25) is 4.98 Å². The van der Waals surface area contributed by atoms with E-state index in [0.717, 1.165) is 33.7 Å². The third kappa shape index (κ3) is 4.89. The van der Waals surface area contributed by atoms with Gasteiger partial charge in [-0.15, -0.1) is 0 Å². The Hall–Kier alpha value is -2.79. The third-order valence-electron chi connectivity index (χ3n) is 3.86. The van der Waals surface area contributed by atoms with E-state index in [1.807, 2.05) is 57.2 Å². The second-order valence-electron chi connectivity index (χ2n) is 6.35. The van der Waals surface area contributed by atoms with Crippen molar-refractivity contribution in [1.82, 2.24) is 4.98 Å². The minimum Gasteiger partial charge on any atom is -1.00 e. The normalized spacial score (nSPS) is 10.4. The van der Waals surface area contributed by atoms with E-state index in [1.165, 1.54) is 7.11 Å². The Balaban J connectivity index is 0.00000261. The van der Waals surface area contributed by atoms with Crippen molar-refractivity contribution in [2.24, 2.45) is 0 Å². The second kappa shape index (κ2) is 8.73. The first-order chi connectivity index (χ1) is 12.5. The Kier molecular flexibility index (Phi) is 6.64. The average Bonchev–Trinajstić information content (AvgIpc) is 2.62. The Morgan fingerprint density at radius 1 is 1.07 bits per heavy atom. The number of nitrogens with one attached hydrogen (secondary N) is 1. The number of pyridine rings is 1. The highest BCUT2D eigenvalue weighted by atomic mass is 35.5. The second-order valence-corrected chi connectivity index (χ2v) is 6.35. The Bertz CT molecular complexity index is 940. The molecular weight excluding hydrogens is 364 g/mol. The maximum atomic E-state index is 11.8. The van der Waals surface area contributed by atoms with Gasteiger partial charge in [-0.05, 0) is 69.3 Å². The number of anilines is 2. The molecule has 0 bridgehead atoms. The third-order valence-corrected chi connectivity index (χ3v) is 3.86. The van der Waals surface area contributed by atoms with Gasteiger partial charge in [0.2, 0.25) is 0 Å². The zero-order valence-corrected chi connectivity index (χ0v) is 16.5. The SMILES string of the molecule is COC(=O)c1ccc2nc(C)cc(Nc3ccc(OC(C)C)cc3)c2c1.[Cl-]. The fraction of sp³-hybridized carbons (Fsp3) is 0.238. The summed E-state index contributed by atoms with van der Waals surface area (Å²) in [6.07, 6.45) is 0.136. The monoisotopic (exact) mass is 385 g/mol. The van der Waals surface area contributed by atoms with Crippen molar-refractivity contribution < 1.29 is 26.7 Å². The van der Waals surface area contributed by atoms with Gasteiger partial charge in [0.25, 0.3) is 0 Å². The number of benzene rings is 2. The summed E-state index contributed by atoms with van der Waals surface area (Å²) >= 11 is 0. The van der Waals surface area contributed by atoms with Crippen molar-refractivity contribution in [2.75, 3.05) is 12.4 Å². The number of fused-ring (bicyclic) bond motifs is 1. The number of aryl methyl sites for hydroxylation is 1. The lowest BCUT2D eigenvalue weighted by molar-refractivity contribution is -0.0000212. The van der Waals surface area contributed by atoms with Gasteiger partial charge in [0.05, 0.1) is 24.3 Å². The predicted molar refractivity (Wildman–Crippen MR) is 103 cm³/mol. The zero-order chi connectivity index (χ0) is 18.7. The molecule has 27 heavy (non-hydrogen) atoms. The van der Waals surface area contributed by atoms with Gasteiger partial charge >= 0.3 is 5.97 Å². The molecule has 0 saturated heterocycles. The van der Waals surface area contributed by atoms with Crippen LogP contribution in [0.3, 0.4) is 0 Å². The number of halogens is 1. The number of aromatic nitrogens is 1. The van der Waals surface area contributed by atoms with Crippen LogP contribution in [0.1, 0.15) is 29.9 Å². The van der Waals surface area contributed by atoms with Gasteiger partial charge in [0.15, 0.2) is 0 Å². The molecule has 0 fully saturated rings. The molecule has 1 heterocycles. The maximum absolute atomic E-state index is 11.8. The molecule has 0 atom stereocenters. The molecule has 0 amide bonds. The van der Waals surface area contributed by atoms with Gasteiger partial charge in [-0.2, -0.15) is 0 Å². The van der Waals surface area contributed by atoms with Gasteiger partial charge in [-0.1, -0.05) is 0 Å². The standard InChI is InChI=1S/C21H22N2O3.ClH/c1-13(2)26-17-8-6-16(7-9-17)23-20-11-14(3)22-19-10-5-15(12-18(19)20)21(24)25-4;/h5-13H,1-4H3,(H,22,23);1H/p-1. The van der Waals surface area contributed by atoms with Gasteiger partial charge in [-0.25, -0.2) is 4.79 Å². The summed E-state index contributed by atoms with van der Waals surface area (Å²) in [6, 6.07) is 15.1. The fourth-order valence-electron chi connectivity index (χ4n) is 2.75. The van der Waals surface area contributed by atoms with Crippen LogP contribution < -0.4 is 22.5 Å². The number of methoxy groups -OCH3 is 1. The van der Waals surface area contributed by atoms with Crippen LogP contribution in [0.2, 0.25) is 0 Å². The molecule has 0 aliphatic carbocycles. The molecule has 0 radical (unpaired) electrons. The lowest BCUT2D eigenvalue weighted by atomic mass is 10.1. The quantitative estimate of drug-likeness (QED) is 0.679. The van der Waals surface area contributed by atoms with E-state index >= 15 is 0 Å². The molecule has 0 saturated carbocycles. The van der Waals surface area contributed by atoms with Crippen molar-refractivity contribution in [3.05, 3.63) is 59.8 Å². The summed E-state index contributed by atoms with van der Waals surface area (Å²) in [5.41, 5.74) is 4.02. The van der Waals surface area contributed by atoms with Crippen molar-refractivity contribution in [3.8, 4) is 5.75 Å². The van der Waals surface area contributed by atoms with Crippen LogP contribution in [0, 0.1) is 6.92 Å². The van der Waals surface area contributed by atoms with Gasteiger partial charge in [0, 0.05) is 22.5 Å². The molecule has 0 aliphatic heterocycles. The maximum Gasteiger partial charge on any atom is 0.337 e. The first-order valence-electron chi connectivity index (χ1n) is 8.49. The smallest absolute Gasteiger partial charge is 0.337 e. The molecule has 6 heteroatoms. The summed E-state index contributed by atoms with van der Waals surface area (Å²) in [5.74, 6) is 0.461. The summed E-state index contributed by atoms with van der Waals surface area (Å²) < 4.78 is 10.5. The summed E-state index contributed by atoms with van der Waals surface area (Å²) in [4.78, 5) is 16.4. The number of carbonyl (C=O) groups is 1. The minimum atomic E-state index is -0.367. The number of hydrogen-bond acceptors (Lipinski definition) is 5.